The second-order valence-electron chi connectivity index (χ2n) is 4.07. The molecular formula is C13H21IN2O. The van der Waals surface area contributed by atoms with Gasteiger partial charge in [0.25, 0.3) is 0 Å². The number of ether oxygens (including phenoxy) is 1. The van der Waals surface area contributed by atoms with Gasteiger partial charge in [-0.2, -0.15) is 0 Å². The van der Waals surface area contributed by atoms with Crippen molar-refractivity contribution in [2.24, 2.45) is 0 Å². The number of hydrogen-bond donors (Lipinski definition) is 2. The summed E-state index contributed by atoms with van der Waals surface area (Å²) in [4.78, 5) is 0. The standard InChI is InChI=1S/C13H21IN2O/c1-11(9-15-7-8-17-2)16-10-12-5-3-4-6-13(12)14/h3-6,11,15-16H,7-10H2,1-2H3. The van der Waals surface area contributed by atoms with Crippen molar-refractivity contribution in [2.45, 2.75) is 19.5 Å². The molecular weight excluding hydrogens is 327 g/mol. The Bertz CT molecular complexity index is 320. The molecule has 1 unspecified atom stereocenters. The maximum Gasteiger partial charge on any atom is 0.0587 e. The molecule has 4 heteroatoms. The van der Waals surface area contributed by atoms with E-state index in [-0.39, 0.29) is 0 Å². The lowest BCUT2D eigenvalue weighted by atomic mass is 10.2. The van der Waals surface area contributed by atoms with Gasteiger partial charge in [0.05, 0.1) is 6.61 Å². The SMILES string of the molecule is COCCNCC(C)NCc1ccccc1I. The number of nitrogens with one attached hydrogen (secondary N) is 2. The van der Waals surface area contributed by atoms with Crippen LogP contribution in [0.5, 0.6) is 0 Å². The molecule has 1 atom stereocenters. The van der Waals surface area contributed by atoms with Crippen LogP contribution in [0.2, 0.25) is 0 Å². The van der Waals surface area contributed by atoms with Gasteiger partial charge in [-0.15, -0.1) is 0 Å². The van der Waals surface area contributed by atoms with Gasteiger partial charge in [0, 0.05) is 36.4 Å². The first-order valence-electron chi connectivity index (χ1n) is 5.90. The van der Waals surface area contributed by atoms with Crippen molar-refractivity contribution < 1.29 is 4.74 Å². The highest BCUT2D eigenvalue weighted by molar-refractivity contribution is 14.1. The van der Waals surface area contributed by atoms with E-state index in [0.717, 1.165) is 26.2 Å². The number of halogens is 1. The lowest BCUT2D eigenvalue weighted by Gasteiger charge is -2.15. The van der Waals surface area contributed by atoms with E-state index in [1.165, 1.54) is 9.13 Å². The third kappa shape index (κ3) is 6.35. The van der Waals surface area contributed by atoms with Crippen LogP contribution in [0.4, 0.5) is 0 Å². The van der Waals surface area contributed by atoms with E-state index in [0.29, 0.717) is 6.04 Å². The molecule has 0 bridgehead atoms. The van der Waals surface area contributed by atoms with Crippen molar-refractivity contribution in [3.63, 3.8) is 0 Å². The Morgan fingerprint density at radius 2 is 2.12 bits per heavy atom. The van der Waals surface area contributed by atoms with Gasteiger partial charge >= 0.3 is 0 Å². The molecule has 0 aromatic heterocycles. The number of hydrogen-bond acceptors (Lipinski definition) is 3. The minimum atomic E-state index is 0.461. The summed E-state index contributed by atoms with van der Waals surface area (Å²) in [6, 6.07) is 8.92. The Kier molecular flexibility index (Phi) is 7.75. The molecule has 0 saturated heterocycles. The molecule has 1 aromatic rings. The highest BCUT2D eigenvalue weighted by atomic mass is 127. The monoisotopic (exact) mass is 348 g/mol. The second kappa shape index (κ2) is 8.85. The van der Waals surface area contributed by atoms with Gasteiger partial charge in [-0.1, -0.05) is 18.2 Å². The summed E-state index contributed by atoms with van der Waals surface area (Å²) in [7, 11) is 1.72. The van der Waals surface area contributed by atoms with E-state index < -0.39 is 0 Å². The fourth-order valence-corrected chi connectivity index (χ4v) is 2.07. The molecule has 0 aliphatic heterocycles. The quantitative estimate of drug-likeness (QED) is 0.557. The van der Waals surface area contributed by atoms with Gasteiger partial charge in [0.2, 0.25) is 0 Å². The van der Waals surface area contributed by atoms with Crippen LogP contribution in [0.1, 0.15) is 12.5 Å². The zero-order valence-corrected chi connectivity index (χ0v) is 12.7. The van der Waals surface area contributed by atoms with E-state index in [4.69, 9.17) is 4.74 Å². The Morgan fingerprint density at radius 1 is 1.35 bits per heavy atom. The summed E-state index contributed by atoms with van der Waals surface area (Å²) >= 11 is 2.37. The first-order valence-corrected chi connectivity index (χ1v) is 6.98. The maximum atomic E-state index is 4.98. The van der Waals surface area contributed by atoms with Crippen LogP contribution in [0.25, 0.3) is 0 Å². The number of methoxy groups -OCH3 is 1. The Balaban J connectivity index is 2.19. The topological polar surface area (TPSA) is 33.3 Å². The average molecular weight is 348 g/mol. The van der Waals surface area contributed by atoms with Crippen molar-refractivity contribution in [2.75, 3.05) is 26.8 Å². The van der Waals surface area contributed by atoms with Crippen LogP contribution in [0.15, 0.2) is 24.3 Å². The molecule has 0 heterocycles. The van der Waals surface area contributed by atoms with Crippen molar-refractivity contribution in [3.8, 4) is 0 Å². The van der Waals surface area contributed by atoms with Gasteiger partial charge in [-0.05, 0) is 41.1 Å². The highest BCUT2D eigenvalue weighted by Crippen LogP contribution is 2.10. The van der Waals surface area contributed by atoms with Crippen LogP contribution >= 0.6 is 22.6 Å². The van der Waals surface area contributed by atoms with Crippen molar-refractivity contribution in [1.82, 2.24) is 10.6 Å². The van der Waals surface area contributed by atoms with Gasteiger partial charge in [-0.25, -0.2) is 0 Å². The molecule has 0 aliphatic carbocycles. The summed E-state index contributed by atoms with van der Waals surface area (Å²) < 4.78 is 6.30. The maximum absolute atomic E-state index is 4.98. The predicted molar refractivity (Wildman–Crippen MR) is 80.2 cm³/mol. The molecule has 17 heavy (non-hydrogen) atoms. The molecule has 1 rings (SSSR count). The predicted octanol–water partition coefficient (Wildman–Crippen LogP) is 2.01. The van der Waals surface area contributed by atoms with Gasteiger partial charge in [0.1, 0.15) is 0 Å². The van der Waals surface area contributed by atoms with Gasteiger partial charge in [-0.3, -0.25) is 0 Å². The van der Waals surface area contributed by atoms with Crippen LogP contribution in [-0.4, -0.2) is 32.8 Å². The number of rotatable bonds is 8. The van der Waals surface area contributed by atoms with E-state index in [9.17, 15) is 0 Å². The number of benzene rings is 1. The zero-order valence-electron chi connectivity index (χ0n) is 10.5. The summed E-state index contributed by atoms with van der Waals surface area (Å²) in [5.74, 6) is 0. The van der Waals surface area contributed by atoms with E-state index >= 15 is 0 Å². The first kappa shape index (κ1) is 14.9. The van der Waals surface area contributed by atoms with Crippen molar-refractivity contribution in [1.29, 1.82) is 0 Å². The third-order valence-electron chi connectivity index (χ3n) is 2.53. The first-order chi connectivity index (χ1) is 8.24. The molecule has 96 valence electrons. The van der Waals surface area contributed by atoms with Crippen LogP contribution in [0, 0.1) is 3.57 Å². The lowest BCUT2D eigenvalue weighted by molar-refractivity contribution is 0.198. The third-order valence-corrected chi connectivity index (χ3v) is 3.58. The van der Waals surface area contributed by atoms with Crippen LogP contribution in [0.3, 0.4) is 0 Å². The van der Waals surface area contributed by atoms with Crippen LogP contribution in [-0.2, 0) is 11.3 Å². The molecule has 0 amide bonds. The second-order valence-corrected chi connectivity index (χ2v) is 5.23. The minimum absolute atomic E-state index is 0.461. The van der Waals surface area contributed by atoms with Gasteiger partial charge < -0.3 is 15.4 Å². The fourth-order valence-electron chi connectivity index (χ4n) is 1.49. The normalized spacial score (nSPS) is 12.6. The Hall–Kier alpha value is -0.170. The van der Waals surface area contributed by atoms with E-state index in [1.54, 1.807) is 7.11 Å². The molecule has 3 nitrogen and oxygen atoms in total. The molecule has 0 fully saturated rings. The Morgan fingerprint density at radius 3 is 2.82 bits per heavy atom. The summed E-state index contributed by atoms with van der Waals surface area (Å²) in [6.45, 7) is 5.75. The highest BCUT2D eigenvalue weighted by Gasteiger charge is 2.02. The molecule has 0 spiro atoms. The Labute approximate surface area is 117 Å². The van der Waals surface area contributed by atoms with Crippen molar-refractivity contribution in [3.05, 3.63) is 33.4 Å². The van der Waals surface area contributed by atoms with E-state index in [1.807, 2.05) is 0 Å². The smallest absolute Gasteiger partial charge is 0.0587 e. The summed E-state index contributed by atoms with van der Waals surface area (Å²) in [5, 5.41) is 6.86. The van der Waals surface area contributed by atoms with Crippen LogP contribution < -0.4 is 10.6 Å². The fraction of sp³-hybridized carbons (Fsp3) is 0.538. The molecule has 0 radical (unpaired) electrons. The zero-order chi connectivity index (χ0) is 12.5. The summed E-state index contributed by atoms with van der Waals surface area (Å²) in [5.41, 5.74) is 1.36. The lowest BCUT2D eigenvalue weighted by Crippen LogP contribution is -2.37. The molecule has 1 aromatic carbocycles. The van der Waals surface area contributed by atoms with Crippen molar-refractivity contribution >= 4 is 22.6 Å². The summed E-state index contributed by atoms with van der Waals surface area (Å²) in [6.07, 6.45) is 0. The molecule has 0 aliphatic rings. The molecule has 0 saturated carbocycles. The van der Waals surface area contributed by atoms with Gasteiger partial charge in [0.15, 0.2) is 0 Å². The van der Waals surface area contributed by atoms with E-state index in [2.05, 4.69) is 64.4 Å². The minimum Gasteiger partial charge on any atom is -0.383 e. The molecule has 2 N–H and O–H groups in total. The largest absolute Gasteiger partial charge is 0.383 e. The average Bonchev–Trinajstić information content (AvgIpc) is 2.34.